The summed E-state index contributed by atoms with van der Waals surface area (Å²) in [6, 6.07) is 5.17. The van der Waals surface area contributed by atoms with E-state index in [1.54, 1.807) is 25.1 Å². The summed E-state index contributed by atoms with van der Waals surface area (Å²) in [5.74, 6) is -0.00205. The second-order valence-electron chi connectivity index (χ2n) is 2.78. The van der Waals surface area contributed by atoms with Gasteiger partial charge in [-0.25, -0.2) is 0 Å². The van der Waals surface area contributed by atoms with Gasteiger partial charge in [0.05, 0.1) is 17.4 Å². The van der Waals surface area contributed by atoms with Crippen molar-refractivity contribution >= 4 is 35.0 Å². The number of benzene rings is 1. The first-order valence-corrected chi connectivity index (χ1v) is 5.83. The van der Waals surface area contributed by atoms with Crippen molar-refractivity contribution in [1.82, 2.24) is 0 Å². The number of nitrogen functional groups attached to an aromatic ring is 1. The number of esters is 1. The van der Waals surface area contributed by atoms with Gasteiger partial charge in [0.25, 0.3) is 0 Å². The van der Waals surface area contributed by atoms with Crippen molar-refractivity contribution in [1.29, 1.82) is 0 Å². The number of ether oxygens (including phenoxy) is 1. The Balaban J connectivity index is 2.57. The lowest BCUT2D eigenvalue weighted by molar-refractivity contribution is -0.139. The number of rotatable bonds is 4. The number of hydrogen-bond acceptors (Lipinski definition) is 4. The Hall–Kier alpha value is -0.870. The van der Waals surface area contributed by atoms with E-state index in [2.05, 4.69) is 0 Å². The molecule has 0 heterocycles. The van der Waals surface area contributed by atoms with Crippen LogP contribution in [-0.4, -0.2) is 18.3 Å². The van der Waals surface area contributed by atoms with Gasteiger partial charge < -0.3 is 10.5 Å². The molecular formula is C10H12ClNO2S. The molecule has 0 bridgehead atoms. The summed E-state index contributed by atoms with van der Waals surface area (Å²) in [6.45, 7) is 2.17. The summed E-state index contributed by atoms with van der Waals surface area (Å²) in [6.07, 6.45) is 0. The quantitative estimate of drug-likeness (QED) is 0.503. The summed E-state index contributed by atoms with van der Waals surface area (Å²) in [5.41, 5.74) is 6.23. The highest BCUT2D eigenvalue weighted by molar-refractivity contribution is 8.00. The first-order chi connectivity index (χ1) is 7.13. The van der Waals surface area contributed by atoms with E-state index in [9.17, 15) is 4.79 Å². The highest BCUT2D eigenvalue weighted by Crippen LogP contribution is 2.28. The van der Waals surface area contributed by atoms with Gasteiger partial charge in [-0.2, -0.15) is 0 Å². The zero-order valence-corrected chi connectivity index (χ0v) is 9.90. The van der Waals surface area contributed by atoms with Crippen molar-refractivity contribution < 1.29 is 9.53 Å². The minimum absolute atomic E-state index is 0.247. The van der Waals surface area contributed by atoms with Crippen LogP contribution in [0.5, 0.6) is 0 Å². The van der Waals surface area contributed by atoms with Crippen molar-refractivity contribution in [2.45, 2.75) is 11.8 Å². The molecule has 5 heteroatoms. The van der Waals surface area contributed by atoms with Gasteiger partial charge in [0, 0.05) is 10.6 Å². The van der Waals surface area contributed by atoms with E-state index in [1.807, 2.05) is 0 Å². The molecule has 82 valence electrons. The molecule has 0 spiro atoms. The zero-order valence-electron chi connectivity index (χ0n) is 8.33. The van der Waals surface area contributed by atoms with Crippen LogP contribution < -0.4 is 5.73 Å². The molecule has 0 atom stereocenters. The van der Waals surface area contributed by atoms with Crippen molar-refractivity contribution in [2.24, 2.45) is 0 Å². The average molecular weight is 246 g/mol. The van der Waals surface area contributed by atoms with E-state index in [1.165, 1.54) is 11.8 Å². The van der Waals surface area contributed by atoms with E-state index in [4.69, 9.17) is 22.1 Å². The molecule has 0 saturated carbocycles. The molecule has 0 aliphatic carbocycles. The third-order valence-electron chi connectivity index (χ3n) is 1.61. The summed E-state index contributed by atoms with van der Waals surface area (Å²) >= 11 is 7.25. The van der Waals surface area contributed by atoms with Gasteiger partial charge in [0.2, 0.25) is 0 Å². The lowest BCUT2D eigenvalue weighted by Gasteiger charge is -2.04. The zero-order chi connectivity index (χ0) is 11.3. The Labute approximate surface area is 97.9 Å². The van der Waals surface area contributed by atoms with Gasteiger partial charge in [-0.3, -0.25) is 4.79 Å². The summed E-state index contributed by atoms with van der Waals surface area (Å²) in [4.78, 5) is 11.9. The molecule has 15 heavy (non-hydrogen) atoms. The number of carbonyl (C=O) groups excluding carboxylic acids is 1. The van der Waals surface area contributed by atoms with Gasteiger partial charge in [-0.1, -0.05) is 11.6 Å². The first kappa shape index (κ1) is 12.2. The van der Waals surface area contributed by atoms with Gasteiger partial charge in [0.1, 0.15) is 0 Å². The van der Waals surface area contributed by atoms with Crippen LogP contribution in [0.3, 0.4) is 0 Å². The number of halogens is 1. The van der Waals surface area contributed by atoms with Crippen molar-refractivity contribution in [3.8, 4) is 0 Å². The largest absolute Gasteiger partial charge is 0.465 e. The molecule has 1 aromatic carbocycles. The molecule has 0 fully saturated rings. The fourth-order valence-corrected chi connectivity index (χ4v) is 2.03. The Bertz CT molecular complexity index is 357. The van der Waals surface area contributed by atoms with E-state index >= 15 is 0 Å². The van der Waals surface area contributed by atoms with Crippen LogP contribution in [0.25, 0.3) is 0 Å². The molecule has 0 saturated heterocycles. The monoisotopic (exact) mass is 245 g/mol. The van der Waals surface area contributed by atoms with Crippen LogP contribution in [0, 0.1) is 0 Å². The molecule has 0 aromatic heterocycles. The standard InChI is InChI=1S/C10H12ClNO2S/c1-2-14-10(13)6-15-9-5-7(12)3-4-8(9)11/h3-5H,2,6,12H2,1H3. The average Bonchev–Trinajstić information content (AvgIpc) is 2.20. The van der Waals surface area contributed by atoms with Crippen LogP contribution in [0.4, 0.5) is 5.69 Å². The minimum atomic E-state index is -0.249. The number of hydrogen-bond donors (Lipinski definition) is 1. The number of thioether (sulfide) groups is 1. The smallest absolute Gasteiger partial charge is 0.316 e. The van der Waals surface area contributed by atoms with E-state index in [0.717, 1.165) is 4.90 Å². The third-order valence-corrected chi connectivity index (χ3v) is 3.08. The summed E-state index contributed by atoms with van der Waals surface area (Å²) < 4.78 is 4.80. The molecule has 1 rings (SSSR count). The van der Waals surface area contributed by atoms with Gasteiger partial charge in [-0.15, -0.1) is 11.8 Å². The topological polar surface area (TPSA) is 52.3 Å². The fourth-order valence-electron chi connectivity index (χ4n) is 0.970. The molecule has 2 N–H and O–H groups in total. The lowest BCUT2D eigenvalue weighted by atomic mass is 10.3. The maximum absolute atomic E-state index is 11.1. The van der Waals surface area contributed by atoms with Crippen molar-refractivity contribution in [2.75, 3.05) is 18.1 Å². The molecular weight excluding hydrogens is 234 g/mol. The lowest BCUT2D eigenvalue weighted by Crippen LogP contribution is -2.06. The van der Waals surface area contributed by atoms with Crippen LogP contribution in [0.15, 0.2) is 23.1 Å². The van der Waals surface area contributed by atoms with Crippen LogP contribution >= 0.6 is 23.4 Å². The van der Waals surface area contributed by atoms with Gasteiger partial charge in [-0.05, 0) is 25.1 Å². The fraction of sp³-hybridized carbons (Fsp3) is 0.300. The summed E-state index contributed by atoms with van der Waals surface area (Å²) in [7, 11) is 0. The van der Waals surface area contributed by atoms with Crippen LogP contribution in [0.1, 0.15) is 6.92 Å². The molecule has 1 aromatic rings. The Morgan fingerprint density at radius 1 is 1.60 bits per heavy atom. The molecule has 0 amide bonds. The molecule has 0 unspecified atom stereocenters. The number of carbonyl (C=O) groups is 1. The Morgan fingerprint density at radius 3 is 3.00 bits per heavy atom. The van der Waals surface area contributed by atoms with E-state index in [0.29, 0.717) is 17.3 Å². The van der Waals surface area contributed by atoms with Gasteiger partial charge >= 0.3 is 5.97 Å². The number of anilines is 1. The number of nitrogens with two attached hydrogens (primary N) is 1. The predicted molar refractivity (Wildman–Crippen MR) is 63.2 cm³/mol. The highest BCUT2D eigenvalue weighted by atomic mass is 35.5. The third kappa shape index (κ3) is 4.01. The SMILES string of the molecule is CCOC(=O)CSc1cc(N)ccc1Cl. The second-order valence-corrected chi connectivity index (χ2v) is 4.21. The maximum atomic E-state index is 11.1. The molecule has 0 aliphatic rings. The summed E-state index contributed by atoms with van der Waals surface area (Å²) in [5, 5.41) is 0.596. The van der Waals surface area contributed by atoms with Crippen LogP contribution in [-0.2, 0) is 9.53 Å². The van der Waals surface area contributed by atoms with Gasteiger partial charge in [0.15, 0.2) is 0 Å². The second kappa shape index (κ2) is 5.88. The molecule has 3 nitrogen and oxygen atoms in total. The van der Waals surface area contributed by atoms with E-state index < -0.39 is 0 Å². The molecule has 0 aliphatic heterocycles. The maximum Gasteiger partial charge on any atom is 0.316 e. The van der Waals surface area contributed by atoms with E-state index in [-0.39, 0.29) is 11.7 Å². The van der Waals surface area contributed by atoms with Crippen LogP contribution in [0.2, 0.25) is 5.02 Å². The highest BCUT2D eigenvalue weighted by Gasteiger charge is 2.06. The Morgan fingerprint density at radius 2 is 2.33 bits per heavy atom. The normalized spacial score (nSPS) is 10.0. The van der Waals surface area contributed by atoms with Crippen molar-refractivity contribution in [3.63, 3.8) is 0 Å². The Kier molecular flexibility index (Phi) is 4.78. The predicted octanol–water partition coefficient (Wildman–Crippen LogP) is 2.58. The van der Waals surface area contributed by atoms with Crippen molar-refractivity contribution in [3.05, 3.63) is 23.2 Å². The minimum Gasteiger partial charge on any atom is -0.465 e. The first-order valence-electron chi connectivity index (χ1n) is 4.47. The molecule has 0 radical (unpaired) electrons.